The van der Waals surface area contributed by atoms with Crippen LogP contribution in [0.4, 0.5) is 4.39 Å². The molecule has 0 spiro atoms. The van der Waals surface area contributed by atoms with Crippen LogP contribution < -0.4 is 5.32 Å². The zero-order valence-electron chi connectivity index (χ0n) is 11.6. The minimum atomic E-state index is -0.204. The van der Waals surface area contributed by atoms with E-state index in [9.17, 15) is 4.39 Å². The molecule has 3 heteroatoms. The van der Waals surface area contributed by atoms with E-state index < -0.39 is 0 Å². The van der Waals surface area contributed by atoms with E-state index in [-0.39, 0.29) is 11.9 Å². The van der Waals surface area contributed by atoms with Crippen molar-refractivity contribution in [2.75, 3.05) is 6.54 Å². The topological polar surface area (TPSA) is 12.0 Å². The Balaban J connectivity index is 2.21. The first-order chi connectivity index (χ1) is 9.70. The molecule has 0 bridgehead atoms. The van der Waals surface area contributed by atoms with E-state index in [0.717, 1.165) is 35.5 Å². The molecule has 0 aliphatic carbocycles. The number of halogens is 2. The van der Waals surface area contributed by atoms with Gasteiger partial charge >= 0.3 is 0 Å². The maximum Gasteiger partial charge on any atom is 0.123 e. The smallest absolute Gasteiger partial charge is 0.123 e. The van der Waals surface area contributed by atoms with Crippen LogP contribution in [0.1, 0.15) is 30.5 Å². The second-order valence-electron chi connectivity index (χ2n) is 4.86. The molecule has 1 unspecified atom stereocenters. The molecule has 0 amide bonds. The van der Waals surface area contributed by atoms with Gasteiger partial charge in [-0.2, -0.15) is 0 Å². The maximum atomic E-state index is 13.4. The number of hydrogen-bond donors (Lipinski definition) is 1. The van der Waals surface area contributed by atoms with Crippen molar-refractivity contribution in [3.05, 3.63) is 70.5 Å². The molecule has 106 valence electrons. The van der Waals surface area contributed by atoms with Gasteiger partial charge in [-0.3, -0.25) is 0 Å². The second kappa shape index (κ2) is 7.41. The molecular weight excluding hydrogens is 273 g/mol. The van der Waals surface area contributed by atoms with E-state index in [4.69, 9.17) is 11.6 Å². The van der Waals surface area contributed by atoms with Gasteiger partial charge in [0.05, 0.1) is 0 Å². The Morgan fingerprint density at radius 2 is 1.95 bits per heavy atom. The molecule has 20 heavy (non-hydrogen) atoms. The molecular formula is C17H19ClFN. The molecule has 0 saturated carbocycles. The minimum Gasteiger partial charge on any atom is -0.310 e. The van der Waals surface area contributed by atoms with Gasteiger partial charge in [0.1, 0.15) is 5.82 Å². The Hall–Kier alpha value is -1.38. The summed E-state index contributed by atoms with van der Waals surface area (Å²) in [6.45, 7) is 3.01. The van der Waals surface area contributed by atoms with Crippen molar-refractivity contribution in [2.24, 2.45) is 0 Å². The molecule has 2 aromatic carbocycles. The average molecular weight is 292 g/mol. The first-order valence-electron chi connectivity index (χ1n) is 6.93. The van der Waals surface area contributed by atoms with E-state index in [1.54, 1.807) is 12.1 Å². The van der Waals surface area contributed by atoms with Crippen LogP contribution in [0.5, 0.6) is 0 Å². The summed E-state index contributed by atoms with van der Waals surface area (Å²) < 4.78 is 13.4. The van der Waals surface area contributed by atoms with Crippen molar-refractivity contribution in [1.82, 2.24) is 5.32 Å². The SMILES string of the molecule is CCCNC(Cc1ccccc1Cl)c1cccc(F)c1. The summed E-state index contributed by atoms with van der Waals surface area (Å²) in [5.74, 6) is -0.204. The molecule has 0 saturated heterocycles. The van der Waals surface area contributed by atoms with Crippen LogP contribution in [0.2, 0.25) is 5.02 Å². The van der Waals surface area contributed by atoms with Gasteiger partial charge < -0.3 is 5.32 Å². The fourth-order valence-electron chi connectivity index (χ4n) is 2.23. The van der Waals surface area contributed by atoms with Crippen LogP contribution in [0, 0.1) is 5.82 Å². The largest absolute Gasteiger partial charge is 0.310 e. The number of benzene rings is 2. The lowest BCUT2D eigenvalue weighted by Gasteiger charge is -2.20. The maximum absolute atomic E-state index is 13.4. The molecule has 0 aliphatic heterocycles. The first-order valence-corrected chi connectivity index (χ1v) is 7.30. The molecule has 0 heterocycles. The van der Waals surface area contributed by atoms with Crippen LogP contribution in [-0.2, 0) is 6.42 Å². The summed E-state index contributed by atoms with van der Waals surface area (Å²) in [6, 6.07) is 14.6. The highest BCUT2D eigenvalue weighted by molar-refractivity contribution is 6.31. The van der Waals surface area contributed by atoms with Crippen molar-refractivity contribution in [3.63, 3.8) is 0 Å². The van der Waals surface area contributed by atoms with Crippen LogP contribution in [0.3, 0.4) is 0 Å². The molecule has 0 radical (unpaired) electrons. The monoisotopic (exact) mass is 291 g/mol. The standard InChI is InChI=1S/C17H19ClFN/c1-2-10-20-17(14-7-5-8-15(19)11-14)12-13-6-3-4-9-16(13)18/h3-9,11,17,20H,2,10,12H2,1H3. The van der Waals surface area contributed by atoms with Gasteiger partial charge in [0.15, 0.2) is 0 Å². The molecule has 2 rings (SSSR count). The molecule has 2 aromatic rings. The zero-order chi connectivity index (χ0) is 14.4. The van der Waals surface area contributed by atoms with E-state index in [1.807, 2.05) is 30.3 Å². The zero-order valence-corrected chi connectivity index (χ0v) is 12.3. The Kier molecular flexibility index (Phi) is 5.57. The molecule has 0 fully saturated rings. The van der Waals surface area contributed by atoms with E-state index >= 15 is 0 Å². The third-order valence-electron chi connectivity index (χ3n) is 3.27. The highest BCUT2D eigenvalue weighted by Gasteiger charge is 2.13. The van der Waals surface area contributed by atoms with E-state index in [2.05, 4.69) is 12.2 Å². The Morgan fingerprint density at radius 3 is 2.65 bits per heavy atom. The summed E-state index contributed by atoms with van der Waals surface area (Å²) in [6.07, 6.45) is 1.79. The van der Waals surface area contributed by atoms with Gasteiger partial charge in [-0.05, 0) is 48.7 Å². The van der Waals surface area contributed by atoms with Gasteiger partial charge in [0.2, 0.25) is 0 Å². The Bertz CT molecular complexity index is 556. The molecule has 1 atom stereocenters. The normalized spacial score (nSPS) is 12.3. The summed E-state index contributed by atoms with van der Waals surface area (Å²) in [5.41, 5.74) is 2.03. The number of nitrogens with one attached hydrogen (secondary N) is 1. The highest BCUT2D eigenvalue weighted by atomic mass is 35.5. The second-order valence-corrected chi connectivity index (χ2v) is 5.26. The predicted molar refractivity (Wildman–Crippen MR) is 82.6 cm³/mol. The van der Waals surface area contributed by atoms with E-state index in [0.29, 0.717) is 0 Å². The van der Waals surface area contributed by atoms with Gasteiger partial charge in [0, 0.05) is 11.1 Å². The molecule has 1 nitrogen and oxygen atoms in total. The fourth-order valence-corrected chi connectivity index (χ4v) is 2.45. The third kappa shape index (κ3) is 4.06. The lowest BCUT2D eigenvalue weighted by atomic mass is 9.98. The summed E-state index contributed by atoms with van der Waals surface area (Å²) >= 11 is 6.22. The van der Waals surface area contributed by atoms with Crippen LogP contribution in [0.25, 0.3) is 0 Å². The summed E-state index contributed by atoms with van der Waals surface area (Å²) in [7, 11) is 0. The van der Waals surface area contributed by atoms with Crippen molar-refractivity contribution in [3.8, 4) is 0 Å². The Labute approximate surface area is 124 Å². The van der Waals surface area contributed by atoms with Gasteiger partial charge in [-0.25, -0.2) is 4.39 Å². The lowest BCUT2D eigenvalue weighted by Crippen LogP contribution is -2.24. The van der Waals surface area contributed by atoms with Crippen molar-refractivity contribution < 1.29 is 4.39 Å². The summed E-state index contributed by atoms with van der Waals surface area (Å²) in [4.78, 5) is 0. The van der Waals surface area contributed by atoms with Crippen molar-refractivity contribution in [2.45, 2.75) is 25.8 Å². The number of rotatable bonds is 6. The molecule has 0 aliphatic rings. The third-order valence-corrected chi connectivity index (χ3v) is 3.64. The molecule has 1 N–H and O–H groups in total. The highest BCUT2D eigenvalue weighted by Crippen LogP contribution is 2.24. The Morgan fingerprint density at radius 1 is 1.15 bits per heavy atom. The minimum absolute atomic E-state index is 0.0746. The average Bonchev–Trinajstić information content (AvgIpc) is 2.45. The van der Waals surface area contributed by atoms with E-state index in [1.165, 1.54) is 6.07 Å². The predicted octanol–water partition coefficient (Wildman–Crippen LogP) is 4.76. The van der Waals surface area contributed by atoms with Crippen LogP contribution in [0.15, 0.2) is 48.5 Å². The van der Waals surface area contributed by atoms with Crippen molar-refractivity contribution >= 4 is 11.6 Å². The number of hydrogen-bond acceptors (Lipinski definition) is 1. The van der Waals surface area contributed by atoms with Gasteiger partial charge in [-0.15, -0.1) is 0 Å². The molecule has 0 aromatic heterocycles. The van der Waals surface area contributed by atoms with Gasteiger partial charge in [0.25, 0.3) is 0 Å². The quantitative estimate of drug-likeness (QED) is 0.809. The van der Waals surface area contributed by atoms with Crippen LogP contribution in [-0.4, -0.2) is 6.54 Å². The fraction of sp³-hybridized carbons (Fsp3) is 0.294. The van der Waals surface area contributed by atoms with Crippen LogP contribution >= 0.6 is 11.6 Å². The van der Waals surface area contributed by atoms with Crippen molar-refractivity contribution in [1.29, 1.82) is 0 Å². The summed E-state index contributed by atoms with van der Waals surface area (Å²) in [5, 5.41) is 4.22. The lowest BCUT2D eigenvalue weighted by molar-refractivity contribution is 0.524. The van der Waals surface area contributed by atoms with Gasteiger partial charge in [-0.1, -0.05) is 48.9 Å². The first kappa shape index (κ1) is 15.0.